The van der Waals surface area contributed by atoms with E-state index < -0.39 is 5.97 Å². The first-order valence-corrected chi connectivity index (χ1v) is 5.02. The third kappa shape index (κ3) is 2.66. The maximum Gasteiger partial charge on any atom is 0.305 e. The second kappa shape index (κ2) is 4.73. The van der Waals surface area contributed by atoms with Crippen LogP contribution in [0.4, 0.5) is 4.39 Å². The van der Waals surface area contributed by atoms with Gasteiger partial charge < -0.3 is 9.67 Å². The summed E-state index contributed by atoms with van der Waals surface area (Å²) in [5.41, 5.74) is 0.703. The Morgan fingerprint density at radius 3 is 2.71 bits per heavy atom. The summed E-state index contributed by atoms with van der Waals surface area (Å²) in [5, 5.41) is 16.2. The van der Waals surface area contributed by atoms with Crippen LogP contribution in [0.2, 0.25) is 0 Å². The number of carboxylic acids is 1. The molecule has 1 N–H and O–H groups in total. The molecule has 0 aliphatic carbocycles. The van der Waals surface area contributed by atoms with Gasteiger partial charge in [0.05, 0.1) is 6.42 Å². The molecule has 1 heterocycles. The van der Waals surface area contributed by atoms with Gasteiger partial charge in [0.1, 0.15) is 12.1 Å². The fourth-order valence-corrected chi connectivity index (χ4v) is 1.46. The van der Waals surface area contributed by atoms with Crippen molar-refractivity contribution in [2.24, 2.45) is 0 Å². The zero-order valence-electron chi connectivity index (χ0n) is 8.88. The lowest BCUT2D eigenvalue weighted by Gasteiger charge is -2.04. The second-order valence-corrected chi connectivity index (χ2v) is 3.50. The summed E-state index contributed by atoms with van der Waals surface area (Å²) in [6.07, 6.45) is 1.45. The van der Waals surface area contributed by atoms with E-state index >= 15 is 0 Å². The largest absolute Gasteiger partial charge is 0.481 e. The van der Waals surface area contributed by atoms with Crippen LogP contribution in [0.25, 0.3) is 11.4 Å². The minimum Gasteiger partial charge on any atom is -0.481 e. The minimum atomic E-state index is -0.885. The van der Waals surface area contributed by atoms with Gasteiger partial charge in [-0.2, -0.15) is 0 Å². The molecule has 0 aliphatic rings. The molecule has 6 heteroatoms. The Morgan fingerprint density at radius 2 is 2.06 bits per heavy atom. The van der Waals surface area contributed by atoms with E-state index in [9.17, 15) is 9.18 Å². The van der Waals surface area contributed by atoms with E-state index in [1.807, 2.05) is 0 Å². The number of aliphatic carboxylic acids is 1. The Labute approximate surface area is 96.5 Å². The van der Waals surface area contributed by atoms with Crippen molar-refractivity contribution in [3.8, 4) is 11.4 Å². The molecule has 0 fully saturated rings. The molecule has 1 aromatic carbocycles. The van der Waals surface area contributed by atoms with Crippen LogP contribution in [0.1, 0.15) is 6.42 Å². The second-order valence-electron chi connectivity index (χ2n) is 3.50. The zero-order chi connectivity index (χ0) is 12.3. The van der Waals surface area contributed by atoms with Gasteiger partial charge in [0.25, 0.3) is 0 Å². The number of aromatic nitrogens is 3. The first-order chi connectivity index (χ1) is 8.16. The molecular weight excluding hydrogens is 225 g/mol. The topological polar surface area (TPSA) is 68.0 Å². The number of carbonyl (C=O) groups is 1. The molecule has 0 amide bonds. The molecule has 0 saturated heterocycles. The van der Waals surface area contributed by atoms with Gasteiger partial charge >= 0.3 is 5.97 Å². The average Bonchev–Trinajstić information content (AvgIpc) is 2.75. The van der Waals surface area contributed by atoms with Gasteiger partial charge in [-0.3, -0.25) is 4.79 Å². The maximum atomic E-state index is 12.8. The summed E-state index contributed by atoms with van der Waals surface area (Å²) in [6.45, 7) is 0.287. The molecule has 88 valence electrons. The number of halogens is 1. The number of rotatable bonds is 4. The molecule has 0 atom stereocenters. The highest BCUT2D eigenvalue weighted by molar-refractivity contribution is 5.66. The summed E-state index contributed by atoms with van der Waals surface area (Å²) in [6, 6.07) is 5.81. The summed E-state index contributed by atoms with van der Waals surface area (Å²) < 4.78 is 14.4. The van der Waals surface area contributed by atoms with E-state index in [1.54, 1.807) is 16.7 Å². The highest BCUT2D eigenvalue weighted by atomic mass is 19.1. The van der Waals surface area contributed by atoms with Gasteiger partial charge in [0, 0.05) is 12.1 Å². The SMILES string of the molecule is O=C(O)CCn1cnnc1-c1ccc(F)cc1. The van der Waals surface area contributed by atoms with Crippen molar-refractivity contribution in [2.45, 2.75) is 13.0 Å². The van der Waals surface area contributed by atoms with Crippen molar-refractivity contribution in [2.75, 3.05) is 0 Å². The Balaban J connectivity index is 2.24. The molecular formula is C11H10FN3O2. The van der Waals surface area contributed by atoms with Gasteiger partial charge in [0.15, 0.2) is 5.82 Å². The number of aryl methyl sites for hydroxylation is 1. The molecule has 0 spiro atoms. The predicted octanol–water partition coefficient (Wildman–Crippen LogP) is 1.56. The number of carboxylic acid groups (broad SMARTS) is 1. The number of hydrogen-bond donors (Lipinski definition) is 1. The molecule has 5 nitrogen and oxygen atoms in total. The zero-order valence-corrected chi connectivity index (χ0v) is 8.88. The molecule has 0 bridgehead atoms. The molecule has 0 aliphatic heterocycles. The van der Waals surface area contributed by atoms with Crippen molar-refractivity contribution in [3.63, 3.8) is 0 Å². The Morgan fingerprint density at radius 1 is 1.35 bits per heavy atom. The smallest absolute Gasteiger partial charge is 0.305 e. The minimum absolute atomic E-state index is 0.00770. The van der Waals surface area contributed by atoms with Crippen LogP contribution < -0.4 is 0 Å². The monoisotopic (exact) mass is 235 g/mol. The van der Waals surface area contributed by atoms with Gasteiger partial charge in [-0.05, 0) is 24.3 Å². The van der Waals surface area contributed by atoms with Crippen LogP contribution >= 0.6 is 0 Å². The maximum absolute atomic E-state index is 12.8. The van der Waals surface area contributed by atoms with Gasteiger partial charge in [-0.25, -0.2) is 4.39 Å². The molecule has 1 aromatic heterocycles. The van der Waals surface area contributed by atoms with E-state index in [-0.39, 0.29) is 18.8 Å². The van der Waals surface area contributed by atoms with E-state index in [1.165, 1.54) is 18.5 Å². The van der Waals surface area contributed by atoms with Crippen LogP contribution in [0.5, 0.6) is 0 Å². The van der Waals surface area contributed by atoms with Crippen LogP contribution in [0.15, 0.2) is 30.6 Å². The average molecular weight is 235 g/mol. The first-order valence-electron chi connectivity index (χ1n) is 5.02. The number of hydrogen-bond acceptors (Lipinski definition) is 3. The number of benzene rings is 1. The molecule has 2 rings (SSSR count). The Kier molecular flexibility index (Phi) is 3.13. The molecule has 0 saturated carbocycles. The highest BCUT2D eigenvalue weighted by Gasteiger charge is 2.08. The van der Waals surface area contributed by atoms with Crippen molar-refractivity contribution in [3.05, 3.63) is 36.4 Å². The molecule has 0 radical (unpaired) electrons. The first kappa shape index (κ1) is 11.3. The number of nitrogens with zero attached hydrogens (tertiary/aromatic N) is 3. The highest BCUT2D eigenvalue weighted by Crippen LogP contribution is 2.17. The predicted molar refractivity (Wildman–Crippen MR) is 57.7 cm³/mol. The van der Waals surface area contributed by atoms with E-state index in [0.717, 1.165) is 0 Å². The molecule has 17 heavy (non-hydrogen) atoms. The summed E-state index contributed by atoms with van der Waals surface area (Å²) in [7, 11) is 0. The van der Waals surface area contributed by atoms with Crippen molar-refractivity contribution in [1.29, 1.82) is 0 Å². The Bertz CT molecular complexity index is 522. The fourth-order valence-electron chi connectivity index (χ4n) is 1.46. The quantitative estimate of drug-likeness (QED) is 0.873. The van der Waals surface area contributed by atoms with Crippen LogP contribution in [-0.2, 0) is 11.3 Å². The summed E-state index contributed by atoms with van der Waals surface area (Å²) in [4.78, 5) is 10.5. The van der Waals surface area contributed by atoms with Gasteiger partial charge in [0.2, 0.25) is 0 Å². The van der Waals surface area contributed by atoms with Crippen LogP contribution in [0, 0.1) is 5.82 Å². The van der Waals surface area contributed by atoms with E-state index in [0.29, 0.717) is 11.4 Å². The normalized spacial score (nSPS) is 10.4. The fraction of sp³-hybridized carbons (Fsp3) is 0.182. The van der Waals surface area contributed by atoms with Gasteiger partial charge in [-0.15, -0.1) is 10.2 Å². The third-order valence-corrected chi connectivity index (χ3v) is 2.28. The van der Waals surface area contributed by atoms with E-state index in [4.69, 9.17) is 5.11 Å². The standard InChI is InChI=1S/C11H10FN3O2/c12-9-3-1-8(2-4-9)11-14-13-7-15(11)6-5-10(16)17/h1-4,7H,5-6H2,(H,16,17). The third-order valence-electron chi connectivity index (χ3n) is 2.28. The lowest BCUT2D eigenvalue weighted by atomic mass is 10.2. The van der Waals surface area contributed by atoms with Crippen molar-refractivity contribution >= 4 is 5.97 Å². The Hall–Kier alpha value is -2.24. The molecule has 2 aromatic rings. The van der Waals surface area contributed by atoms with E-state index in [2.05, 4.69) is 10.2 Å². The van der Waals surface area contributed by atoms with Crippen molar-refractivity contribution < 1.29 is 14.3 Å². The van der Waals surface area contributed by atoms with Crippen LogP contribution in [0.3, 0.4) is 0 Å². The van der Waals surface area contributed by atoms with Crippen LogP contribution in [-0.4, -0.2) is 25.8 Å². The molecule has 0 unspecified atom stereocenters. The lowest BCUT2D eigenvalue weighted by Crippen LogP contribution is -2.05. The van der Waals surface area contributed by atoms with Crippen molar-refractivity contribution in [1.82, 2.24) is 14.8 Å². The summed E-state index contributed by atoms with van der Waals surface area (Å²) >= 11 is 0. The summed E-state index contributed by atoms with van der Waals surface area (Å²) in [5.74, 6) is -0.680. The van der Waals surface area contributed by atoms with Gasteiger partial charge in [-0.1, -0.05) is 0 Å². The lowest BCUT2D eigenvalue weighted by molar-refractivity contribution is -0.137.